The van der Waals surface area contributed by atoms with E-state index in [0.29, 0.717) is 6.04 Å². The molecule has 0 aromatic carbocycles. The fourth-order valence-corrected chi connectivity index (χ4v) is 2.30. The summed E-state index contributed by atoms with van der Waals surface area (Å²) in [5.74, 6) is 0.946. The summed E-state index contributed by atoms with van der Waals surface area (Å²) >= 11 is 0. The van der Waals surface area contributed by atoms with Crippen molar-refractivity contribution in [3.63, 3.8) is 0 Å². The van der Waals surface area contributed by atoms with E-state index in [1.54, 1.807) is 7.11 Å². The van der Waals surface area contributed by atoms with Crippen molar-refractivity contribution in [3.05, 3.63) is 0 Å². The van der Waals surface area contributed by atoms with Crippen LogP contribution in [0.5, 0.6) is 0 Å². The maximum absolute atomic E-state index is 5.17. The van der Waals surface area contributed by atoms with Gasteiger partial charge >= 0.3 is 0 Å². The Kier molecular flexibility index (Phi) is 5.40. The summed E-state index contributed by atoms with van der Waals surface area (Å²) < 4.78 is 5.17. The van der Waals surface area contributed by atoms with Crippen molar-refractivity contribution >= 4 is 0 Å². The summed E-state index contributed by atoms with van der Waals surface area (Å²) in [7, 11) is 3.82. The third-order valence-electron chi connectivity index (χ3n) is 3.12. The molecule has 0 aliphatic heterocycles. The highest BCUT2D eigenvalue weighted by Gasteiger charge is 2.17. The number of methoxy groups -OCH3 is 1. The van der Waals surface area contributed by atoms with Crippen molar-refractivity contribution < 1.29 is 4.74 Å². The zero-order valence-corrected chi connectivity index (χ0v) is 9.01. The zero-order valence-electron chi connectivity index (χ0n) is 9.01. The largest absolute Gasteiger partial charge is 0.383 e. The van der Waals surface area contributed by atoms with E-state index >= 15 is 0 Å². The molecule has 0 amide bonds. The van der Waals surface area contributed by atoms with Gasteiger partial charge in [0, 0.05) is 13.2 Å². The molecule has 0 spiro atoms. The Hall–Kier alpha value is -0.0800. The lowest BCUT2D eigenvalue weighted by Crippen LogP contribution is -2.32. The molecule has 1 aliphatic carbocycles. The van der Waals surface area contributed by atoms with Gasteiger partial charge in [-0.2, -0.15) is 0 Å². The standard InChI is InChI=1S/C11H23NO/c1-12-11(9-13-2)8-10-6-4-3-5-7-10/h10-12H,3-9H2,1-2H3/t11-/m0/s1. The molecule has 2 heteroatoms. The molecule has 0 bridgehead atoms. The van der Waals surface area contributed by atoms with E-state index in [1.165, 1.54) is 38.5 Å². The highest BCUT2D eigenvalue weighted by Crippen LogP contribution is 2.27. The second-order valence-corrected chi connectivity index (χ2v) is 4.18. The summed E-state index contributed by atoms with van der Waals surface area (Å²) in [5.41, 5.74) is 0. The topological polar surface area (TPSA) is 21.3 Å². The van der Waals surface area contributed by atoms with E-state index in [1.807, 2.05) is 7.05 Å². The quantitative estimate of drug-likeness (QED) is 0.709. The van der Waals surface area contributed by atoms with Gasteiger partial charge in [0.1, 0.15) is 0 Å². The Morgan fingerprint density at radius 2 is 2.00 bits per heavy atom. The van der Waals surface area contributed by atoms with E-state index in [2.05, 4.69) is 5.32 Å². The molecule has 0 aromatic heterocycles. The van der Waals surface area contributed by atoms with Gasteiger partial charge in [-0.3, -0.25) is 0 Å². The molecule has 0 saturated heterocycles. The maximum Gasteiger partial charge on any atom is 0.0615 e. The molecule has 0 aromatic rings. The van der Waals surface area contributed by atoms with Gasteiger partial charge in [-0.05, 0) is 19.4 Å². The van der Waals surface area contributed by atoms with Crippen molar-refractivity contribution in [2.75, 3.05) is 20.8 Å². The van der Waals surface area contributed by atoms with Gasteiger partial charge in [0.25, 0.3) is 0 Å². The third kappa shape index (κ3) is 4.10. The Bertz CT molecular complexity index is 119. The van der Waals surface area contributed by atoms with Crippen molar-refractivity contribution in [1.29, 1.82) is 0 Å². The van der Waals surface area contributed by atoms with Crippen LogP contribution in [0.3, 0.4) is 0 Å². The first-order valence-corrected chi connectivity index (χ1v) is 5.53. The smallest absolute Gasteiger partial charge is 0.0615 e. The van der Waals surface area contributed by atoms with Crippen LogP contribution in [0, 0.1) is 5.92 Å². The van der Waals surface area contributed by atoms with E-state index < -0.39 is 0 Å². The van der Waals surface area contributed by atoms with E-state index in [4.69, 9.17) is 4.74 Å². The molecule has 1 atom stereocenters. The average Bonchev–Trinajstić information content (AvgIpc) is 2.19. The Morgan fingerprint density at radius 3 is 2.54 bits per heavy atom. The molecule has 0 unspecified atom stereocenters. The summed E-state index contributed by atoms with van der Waals surface area (Å²) in [6.07, 6.45) is 8.49. The predicted octanol–water partition coefficient (Wildman–Crippen LogP) is 2.19. The van der Waals surface area contributed by atoms with Gasteiger partial charge in [0.15, 0.2) is 0 Å². The van der Waals surface area contributed by atoms with Gasteiger partial charge < -0.3 is 10.1 Å². The first kappa shape index (κ1) is 11.0. The van der Waals surface area contributed by atoms with Crippen LogP contribution in [0.2, 0.25) is 0 Å². The van der Waals surface area contributed by atoms with Crippen LogP contribution < -0.4 is 5.32 Å². The third-order valence-corrected chi connectivity index (χ3v) is 3.12. The van der Waals surface area contributed by atoms with Crippen LogP contribution in [0.25, 0.3) is 0 Å². The molecular weight excluding hydrogens is 162 g/mol. The van der Waals surface area contributed by atoms with Gasteiger partial charge in [-0.1, -0.05) is 32.1 Å². The van der Waals surface area contributed by atoms with Crippen LogP contribution in [0.1, 0.15) is 38.5 Å². The minimum atomic E-state index is 0.563. The lowest BCUT2D eigenvalue weighted by atomic mass is 9.85. The summed E-state index contributed by atoms with van der Waals surface area (Å²) in [6.45, 7) is 0.854. The Labute approximate surface area is 82.0 Å². The number of hydrogen-bond acceptors (Lipinski definition) is 2. The number of ether oxygens (including phenoxy) is 1. The van der Waals surface area contributed by atoms with E-state index in [0.717, 1.165) is 12.5 Å². The first-order chi connectivity index (χ1) is 6.36. The molecule has 1 aliphatic rings. The van der Waals surface area contributed by atoms with Crippen LogP contribution in [-0.2, 0) is 4.74 Å². The number of likely N-dealkylation sites (N-methyl/N-ethyl adjacent to an activating group) is 1. The van der Waals surface area contributed by atoms with Gasteiger partial charge in [0.2, 0.25) is 0 Å². The van der Waals surface area contributed by atoms with Crippen molar-refractivity contribution in [2.24, 2.45) is 5.92 Å². The molecule has 1 fully saturated rings. The second kappa shape index (κ2) is 6.39. The van der Waals surface area contributed by atoms with Crippen molar-refractivity contribution in [2.45, 2.75) is 44.6 Å². The van der Waals surface area contributed by atoms with Crippen molar-refractivity contribution in [1.82, 2.24) is 5.32 Å². The lowest BCUT2D eigenvalue weighted by molar-refractivity contribution is 0.151. The van der Waals surface area contributed by atoms with Gasteiger partial charge in [-0.25, -0.2) is 0 Å². The first-order valence-electron chi connectivity index (χ1n) is 5.53. The molecule has 1 N–H and O–H groups in total. The van der Waals surface area contributed by atoms with E-state index in [-0.39, 0.29) is 0 Å². The van der Waals surface area contributed by atoms with Gasteiger partial charge in [0.05, 0.1) is 6.61 Å². The molecular formula is C11H23NO. The van der Waals surface area contributed by atoms with Crippen LogP contribution in [-0.4, -0.2) is 26.8 Å². The van der Waals surface area contributed by atoms with Crippen LogP contribution >= 0.6 is 0 Å². The SMILES string of the molecule is CN[C@H](COC)CC1CCCCC1. The average molecular weight is 185 g/mol. The molecule has 2 nitrogen and oxygen atoms in total. The van der Waals surface area contributed by atoms with Gasteiger partial charge in [-0.15, -0.1) is 0 Å². The monoisotopic (exact) mass is 185 g/mol. The van der Waals surface area contributed by atoms with Crippen molar-refractivity contribution in [3.8, 4) is 0 Å². The predicted molar refractivity (Wildman–Crippen MR) is 55.9 cm³/mol. The molecule has 0 heterocycles. The zero-order chi connectivity index (χ0) is 9.52. The lowest BCUT2D eigenvalue weighted by Gasteiger charge is -2.25. The number of hydrogen-bond donors (Lipinski definition) is 1. The summed E-state index contributed by atoms with van der Waals surface area (Å²) in [5, 5.41) is 3.33. The molecule has 13 heavy (non-hydrogen) atoms. The maximum atomic E-state index is 5.17. The molecule has 1 saturated carbocycles. The fraction of sp³-hybridized carbons (Fsp3) is 1.00. The Balaban J connectivity index is 2.18. The normalized spacial score (nSPS) is 21.7. The Morgan fingerprint density at radius 1 is 1.31 bits per heavy atom. The number of nitrogens with one attached hydrogen (secondary N) is 1. The minimum absolute atomic E-state index is 0.563. The van der Waals surface area contributed by atoms with Crippen LogP contribution in [0.15, 0.2) is 0 Å². The van der Waals surface area contributed by atoms with E-state index in [9.17, 15) is 0 Å². The molecule has 0 radical (unpaired) electrons. The molecule has 1 rings (SSSR count). The second-order valence-electron chi connectivity index (χ2n) is 4.18. The van der Waals surface area contributed by atoms with Crippen LogP contribution in [0.4, 0.5) is 0 Å². The fourth-order valence-electron chi connectivity index (χ4n) is 2.30. The highest BCUT2D eigenvalue weighted by molar-refractivity contribution is 4.73. The summed E-state index contributed by atoms with van der Waals surface area (Å²) in [4.78, 5) is 0. The summed E-state index contributed by atoms with van der Waals surface area (Å²) in [6, 6.07) is 0.563. The highest BCUT2D eigenvalue weighted by atomic mass is 16.5. The number of rotatable bonds is 5. The minimum Gasteiger partial charge on any atom is -0.383 e. The molecule has 78 valence electrons.